The van der Waals surface area contributed by atoms with Gasteiger partial charge in [0.15, 0.2) is 0 Å². The molecule has 0 rings (SSSR count). The van der Waals surface area contributed by atoms with Crippen LogP contribution < -0.4 is 5.73 Å². The Morgan fingerprint density at radius 1 is 0.784 bits per heavy atom. The van der Waals surface area contributed by atoms with Crippen LogP contribution in [0.1, 0.15) is 116 Å². The van der Waals surface area contributed by atoms with Crippen LogP contribution >= 0.6 is 7.82 Å². The van der Waals surface area contributed by atoms with Crippen molar-refractivity contribution in [3.8, 4) is 0 Å². The number of carboxylic acid groups (broad SMARTS) is 1. The van der Waals surface area contributed by atoms with Gasteiger partial charge in [0, 0.05) is 26.2 Å². The summed E-state index contributed by atoms with van der Waals surface area (Å²) in [5, 5.41) is 17.9. The fraction of sp³-hybridized carbons (Fsp3) is 0.962. The average Bonchev–Trinajstić information content (AvgIpc) is 2.85. The first kappa shape index (κ1) is 38.6. The van der Waals surface area contributed by atoms with Crippen LogP contribution in [0.15, 0.2) is 0 Å². The van der Waals surface area contributed by atoms with E-state index < -0.39 is 13.8 Å². The molecule has 0 fully saturated rings. The summed E-state index contributed by atoms with van der Waals surface area (Å²) in [6.45, 7) is 3.82. The molecular formula is C26H56NO9P. The number of aliphatic hydroxyl groups is 1. The van der Waals surface area contributed by atoms with Crippen LogP contribution in [0.3, 0.4) is 0 Å². The largest absolute Gasteiger partial charge is 0.481 e. The smallest absolute Gasteiger partial charge is 0.469 e. The molecule has 0 aromatic carbocycles. The van der Waals surface area contributed by atoms with E-state index in [-0.39, 0.29) is 32.3 Å². The summed E-state index contributed by atoms with van der Waals surface area (Å²) < 4.78 is 24.9. The highest BCUT2D eigenvalue weighted by Crippen LogP contribution is 2.34. The van der Waals surface area contributed by atoms with Gasteiger partial charge in [0.1, 0.15) is 6.10 Å². The molecule has 0 heterocycles. The van der Waals surface area contributed by atoms with Crippen LogP contribution in [0.2, 0.25) is 0 Å². The number of carboxylic acids is 1. The van der Waals surface area contributed by atoms with Gasteiger partial charge in [-0.2, -0.15) is 0 Å². The Kier molecular flexibility index (Phi) is 31.2. The lowest BCUT2D eigenvalue weighted by Crippen LogP contribution is -2.24. The highest BCUT2D eigenvalue weighted by Gasteiger charge is 2.11. The molecule has 10 nitrogen and oxygen atoms in total. The quantitative estimate of drug-likeness (QED) is 0.0671. The molecule has 0 radical (unpaired) electrons. The molecule has 6 N–H and O–H groups in total. The molecular weight excluding hydrogens is 501 g/mol. The lowest BCUT2D eigenvalue weighted by molar-refractivity contribution is -0.137. The summed E-state index contributed by atoms with van der Waals surface area (Å²) in [6, 6.07) is 0. The van der Waals surface area contributed by atoms with E-state index in [4.69, 9.17) is 30.1 Å². The van der Waals surface area contributed by atoms with Crippen molar-refractivity contribution in [1.82, 2.24) is 0 Å². The highest BCUT2D eigenvalue weighted by molar-refractivity contribution is 7.46. The fourth-order valence-electron chi connectivity index (χ4n) is 3.57. The van der Waals surface area contributed by atoms with Crippen LogP contribution in [0.4, 0.5) is 0 Å². The number of hydrogen-bond acceptors (Lipinski definition) is 7. The first-order valence-electron chi connectivity index (χ1n) is 14.2. The Morgan fingerprint density at radius 3 is 1.68 bits per heavy atom. The predicted molar refractivity (Wildman–Crippen MR) is 146 cm³/mol. The standard InChI is InChI=1S/C24H48O5.C2H8NO4P/c1-2-3-4-5-6-7-8-9-10-11-12-13-14-16-19-28-22-23(21-25)29-20-17-15-18-24(26)27;3-1-2-7-8(4,5)6/h23,25H,2-22H2,1H3,(H,26,27);1-3H2,(H2,4,5,6). The van der Waals surface area contributed by atoms with Gasteiger partial charge in [0.2, 0.25) is 0 Å². The fourth-order valence-corrected chi connectivity index (χ4v) is 3.91. The van der Waals surface area contributed by atoms with Crippen LogP contribution in [0.5, 0.6) is 0 Å². The van der Waals surface area contributed by atoms with E-state index in [0.29, 0.717) is 26.1 Å². The van der Waals surface area contributed by atoms with Gasteiger partial charge in [0.25, 0.3) is 0 Å². The monoisotopic (exact) mass is 557 g/mol. The number of aliphatic carboxylic acids is 1. The Hall–Kier alpha value is -0.580. The van der Waals surface area contributed by atoms with E-state index >= 15 is 0 Å². The molecule has 0 aliphatic rings. The number of unbranched alkanes of at least 4 members (excludes halogenated alkanes) is 14. The van der Waals surface area contributed by atoms with Gasteiger partial charge >= 0.3 is 13.8 Å². The number of rotatable bonds is 27. The molecule has 0 spiro atoms. The van der Waals surface area contributed by atoms with E-state index in [0.717, 1.165) is 13.0 Å². The van der Waals surface area contributed by atoms with Gasteiger partial charge in [-0.05, 0) is 19.3 Å². The molecule has 0 aromatic rings. The summed E-state index contributed by atoms with van der Waals surface area (Å²) in [5.74, 6) is -0.778. The zero-order valence-corrected chi connectivity index (χ0v) is 24.1. The summed E-state index contributed by atoms with van der Waals surface area (Å²) in [4.78, 5) is 26.4. The molecule has 0 amide bonds. The second kappa shape index (κ2) is 30.0. The summed E-state index contributed by atoms with van der Waals surface area (Å²) >= 11 is 0. The molecule has 0 aromatic heterocycles. The minimum Gasteiger partial charge on any atom is -0.481 e. The first-order chi connectivity index (χ1) is 17.8. The van der Waals surface area contributed by atoms with E-state index in [9.17, 15) is 14.5 Å². The number of carbonyl (C=O) groups is 1. The Labute approximate surface area is 224 Å². The maximum atomic E-state index is 10.4. The van der Waals surface area contributed by atoms with Crippen LogP contribution in [0.25, 0.3) is 0 Å². The van der Waals surface area contributed by atoms with Gasteiger partial charge in [-0.1, -0.05) is 90.4 Å². The topological polar surface area (TPSA) is 169 Å². The number of phosphoric acid groups is 1. The summed E-state index contributed by atoms with van der Waals surface area (Å²) in [6.07, 6.45) is 20.0. The SMILES string of the molecule is CCCCCCCCCCCCCCCCOCC(CO)OCCCCC(=O)O.NCCOP(=O)(O)O. The molecule has 1 atom stereocenters. The second-order valence-corrected chi connectivity index (χ2v) is 10.5. The molecule has 0 saturated carbocycles. The molecule has 0 aliphatic heterocycles. The van der Waals surface area contributed by atoms with Gasteiger partial charge in [0.05, 0.1) is 19.8 Å². The number of hydrogen-bond donors (Lipinski definition) is 5. The van der Waals surface area contributed by atoms with Crippen molar-refractivity contribution < 1.29 is 43.4 Å². The number of ether oxygens (including phenoxy) is 2. The number of nitrogens with two attached hydrogens (primary N) is 1. The van der Waals surface area contributed by atoms with Crippen molar-refractivity contribution in [2.24, 2.45) is 5.73 Å². The lowest BCUT2D eigenvalue weighted by atomic mass is 10.0. The van der Waals surface area contributed by atoms with Crippen LogP contribution in [0, 0.1) is 0 Å². The third-order valence-electron chi connectivity index (χ3n) is 5.67. The maximum absolute atomic E-state index is 10.4. The van der Waals surface area contributed by atoms with Crippen molar-refractivity contribution in [3.63, 3.8) is 0 Å². The normalized spacial score (nSPS) is 12.2. The summed E-state index contributed by atoms with van der Waals surface area (Å²) in [5.41, 5.74) is 4.87. The molecule has 224 valence electrons. The third-order valence-corrected chi connectivity index (χ3v) is 6.18. The maximum Gasteiger partial charge on any atom is 0.469 e. The van der Waals surface area contributed by atoms with Gasteiger partial charge in [-0.15, -0.1) is 0 Å². The van der Waals surface area contributed by atoms with E-state index in [2.05, 4.69) is 11.4 Å². The second-order valence-electron chi connectivity index (χ2n) is 9.31. The van der Waals surface area contributed by atoms with E-state index in [1.807, 2.05) is 0 Å². The Balaban J connectivity index is 0. The lowest BCUT2D eigenvalue weighted by Gasteiger charge is -2.15. The number of aliphatic hydroxyl groups excluding tert-OH is 1. The van der Waals surface area contributed by atoms with Crippen LogP contribution in [-0.4, -0.2) is 71.7 Å². The van der Waals surface area contributed by atoms with Crippen molar-refractivity contribution in [2.45, 2.75) is 122 Å². The van der Waals surface area contributed by atoms with Crippen molar-refractivity contribution in [2.75, 3.05) is 39.6 Å². The van der Waals surface area contributed by atoms with E-state index in [1.54, 1.807) is 0 Å². The van der Waals surface area contributed by atoms with Crippen LogP contribution in [-0.2, 0) is 23.4 Å². The number of phosphoric ester groups is 1. The van der Waals surface area contributed by atoms with Gasteiger partial charge in [-0.3, -0.25) is 9.32 Å². The van der Waals surface area contributed by atoms with Crippen molar-refractivity contribution >= 4 is 13.8 Å². The zero-order chi connectivity index (χ0) is 28.0. The highest BCUT2D eigenvalue weighted by atomic mass is 31.2. The molecule has 37 heavy (non-hydrogen) atoms. The molecule has 0 bridgehead atoms. The minimum absolute atomic E-state index is 0.0579. The molecule has 1 unspecified atom stereocenters. The Morgan fingerprint density at radius 2 is 1.27 bits per heavy atom. The minimum atomic E-state index is -4.26. The van der Waals surface area contributed by atoms with Crippen molar-refractivity contribution in [3.05, 3.63) is 0 Å². The third kappa shape index (κ3) is 37.6. The van der Waals surface area contributed by atoms with Crippen molar-refractivity contribution in [1.29, 1.82) is 0 Å². The van der Waals surface area contributed by atoms with E-state index in [1.165, 1.54) is 83.5 Å². The molecule has 11 heteroatoms. The average molecular weight is 558 g/mol. The Bertz CT molecular complexity index is 520. The predicted octanol–water partition coefficient (Wildman–Crippen LogP) is 5.17. The molecule has 0 aliphatic carbocycles. The molecule has 0 saturated heterocycles. The van der Waals surface area contributed by atoms with Gasteiger partial charge in [-0.25, -0.2) is 4.57 Å². The first-order valence-corrected chi connectivity index (χ1v) is 15.7. The zero-order valence-electron chi connectivity index (χ0n) is 23.2. The summed E-state index contributed by atoms with van der Waals surface area (Å²) in [7, 11) is -4.26. The van der Waals surface area contributed by atoms with Gasteiger partial charge < -0.3 is 35.2 Å².